The van der Waals surface area contributed by atoms with Gasteiger partial charge < -0.3 is 15.5 Å². The SMILES string of the molecule is CCNC(=O)C(C)=C(O)O. The monoisotopic (exact) mass is 145 g/mol. The first-order valence-electron chi connectivity index (χ1n) is 2.96. The molecule has 0 rings (SSSR count). The van der Waals surface area contributed by atoms with E-state index in [-0.39, 0.29) is 5.57 Å². The third-order valence-corrected chi connectivity index (χ3v) is 1.01. The summed E-state index contributed by atoms with van der Waals surface area (Å²) in [5.74, 6) is -1.38. The van der Waals surface area contributed by atoms with Gasteiger partial charge in [-0.05, 0) is 13.8 Å². The van der Waals surface area contributed by atoms with Gasteiger partial charge in [-0.1, -0.05) is 0 Å². The quantitative estimate of drug-likeness (QED) is 0.390. The third-order valence-electron chi connectivity index (χ3n) is 1.01. The summed E-state index contributed by atoms with van der Waals surface area (Å²) < 4.78 is 0. The van der Waals surface area contributed by atoms with Gasteiger partial charge in [0.1, 0.15) is 0 Å². The highest BCUT2D eigenvalue weighted by Crippen LogP contribution is 1.95. The number of amides is 1. The summed E-state index contributed by atoms with van der Waals surface area (Å²) in [7, 11) is 0. The van der Waals surface area contributed by atoms with E-state index in [1.807, 2.05) is 0 Å². The van der Waals surface area contributed by atoms with Crippen LogP contribution in [-0.4, -0.2) is 22.7 Å². The van der Waals surface area contributed by atoms with Crippen molar-refractivity contribution >= 4 is 5.91 Å². The highest BCUT2D eigenvalue weighted by molar-refractivity contribution is 5.92. The molecule has 0 aliphatic rings. The first kappa shape index (κ1) is 8.81. The summed E-state index contributed by atoms with van der Waals surface area (Å²) in [5, 5.41) is 19.2. The molecular weight excluding hydrogens is 134 g/mol. The molecule has 0 aliphatic heterocycles. The van der Waals surface area contributed by atoms with Gasteiger partial charge in [-0.25, -0.2) is 0 Å². The van der Waals surface area contributed by atoms with E-state index >= 15 is 0 Å². The minimum atomic E-state index is -0.925. The predicted octanol–water partition coefficient (Wildman–Crippen LogP) is 0.470. The van der Waals surface area contributed by atoms with E-state index in [9.17, 15) is 4.79 Å². The van der Waals surface area contributed by atoms with Crippen LogP contribution in [0.4, 0.5) is 0 Å². The maximum atomic E-state index is 10.7. The van der Waals surface area contributed by atoms with Crippen LogP contribution in [0.15, 0.2) is 11.5 Å². The Morgan fingerprint density at radius 3 is 2.30 bits per heavy atom. The van der Waals surface area contributed by atoms with Crippen LogP contribution in [0.5, 0.6) is 0 Å². The van der Waals surface area contributed by atoms with Crippen molar-refractivity contribution in [3.05, 3.63) is 11.5 Å². The van der Waals surface area contributed by atoms with Crippen molar-refractivity contribution in [2.45, 2.75) is 13.8 Å². The van der Waals surface area contributed by atoms with E-state index in [2.05, 4.69) is 5.32 Å². The van der Waals surface area contributed by atoms with E-state index in [0.29, 0.717) is 6.54 Å². The smallest absolute Gasteiger partial charge is 0.282 e. The fourth-order valence-electron chi connectivity index (χ4n) is 0.395. The van der Waals surface area contributed by atoms with E-state index < -0.39 is 11.9 Å². The number of hydrogen-bond acceptors (Lipinski definition) is 3. The van der Waals surface area contributed by atoms with Gasteiger partial charge in [0, 0.05) is 6.54 Å². The van der Waals surface area contributed by atoms with Crippen LogP contribution in [0.3, 0.4) is 0 Å². The molecule has 0 atom stereocenters. The van der Waals surface area contributed by atoms with Crippen molar-refractivity contribution in [3.8, 4) is 0 Å². The zero-order valence-electron chi connectivity index (χ0n) is 6.01. The second-order valence-electron chi connectivity index (χ2n) is 1.81. The Morgan fingerprint density at radius 2 is 2.00 bits per heavy atom. The number of aliphatic hydroxyl groups is 2. The standard InChI is InChI=1S/C6H11NO3/c1-3-7-5(8)4(2)6(9)10/h9-10H,3H2,1-2H3,(H,7,8). The molecule has 3 N–H and O–H groups in total. The maximum Gasteiger partial charge on any atom is 0.282 e. The summed E-state index contributed by atoms with van der Waals surface area (Å²) in [6, 6.07) is 0. The molecule has 0 bridgehead atoms. The third kappa shape index (κ3) is 2.39. The Kier molecular flexibility index (Phi) is 3.32. The van der Waals surface area contributed by atoms with Crippen LogP contribution < -0.4 is 5.32 Å². The second-order valence-corrected chi connectivity index (χ2v) is 1.81. The fraction of sp³-hybridized carbons (Fsp3) is 0.500. The van der Waals surface area contributed by atoms with Crippen LogP contribution in [0.25, 0.3) is 0 Å². The fourth-order valence-corrected chi connectivity index (χ4v) is 0.395. The average molecular weight is 145 g/mol. The van der Waals surface area contributed by atoms with E-state index in [1.54, 1.807) is 6.92 Å². The molecule has 0 heterocycles. The molecule has 0 saturated carbocycles. The largest absolute Gasteiger partial charge is 0.481 e. The van der Waals surface area contributed by atoms with Gasteiger partial charge in [0.05, 0.1) is 5.57 Å². The lowest BCUT2D eigenvalue weighted by Crippen LogP contribution is -2.24. The van der Waals surface area contributed by atoms with Gasteiger partial charge in [-0.2, -0.15) is 0 Å². The molecule has 0 aromatic carbocycles. The molecule has 0 radical (unpaired) electrons. The molecule has 0 fully saturated rings. The summed E-state index contributed by atoms with van der Waals surface area (Å²) in [5.41, 5.74) is -0.0677. The van der Waals surface area contributed by atoms with Crippen molar-refractivity contribution in [1.82, 2.24) is 5.32 Å². The summed E-state index contributed by atoms with van der Waals surface area (Å²) >= 11 is 0. The highest BCUT2D eigenvalue weighted by atomic mass is 16.5. The lowest BCUT2D eigenvalue weighted by molar-refractivity contribution is -0.117. The molecule has 0 saturated heterocycles. The zero-order chi connectivity index (χ0) is 8.15. The molecule has 1 amide bonds. The van der Waals surface area contributed by atoms with Crippen molar-refractivity contribution in [2.75, 3.05) is 6.54 Å². The molecule has 58 valence electrons. The first-order chi connectivity index (χ1) is 4.59. The number of aliphatic hydroxyl groups excluding tert-OH is 1. The number of likely N-dealkylation sites (N-methyl/N-ethyl adjacent to an activating group) is 1. The Hall–Kier alpha value is -1.19. The van der Waals surface area contributed by atoms with Crippen molar-refractivity contribution in [1.29, 1.82) is 0 Å². The zero-order valence-corrected chi connectivity index (χ0v) is 6.01. The molecule has 0 aliphatic carbocycles. The number of nitrogens with one attached hydrogen (secondary N) is 1. The molecule has 0 aromatic heterocycles. The number of carbonyl (C=O) groups excluding carboxylic acids is 1. The number of rotatable bonds is 2. The summed E-state index contributed by atoms with van der Waals surface area (Å²) in [4.78, 5) is 10.7. The summed E-state index contributed by atoms with van der Waals surface area (Å²) in [6.45, 7) is 3.56. The maximum absolute atomic E-state index is 10.7. The minimum absolute atomic E-state index is 0.0677. The van der Waals surface area contributed by atoms with Crippen LogP contribution in [0.2, 0.25) is 0 Å². The van der Waals surface area contributed by atoms with Crippen LogP contribution in [0.1, 0.15) is 13.8 Å². The molecule has 10 heavy (non-hydrogen) atoms. The average Bonchev–Trinajstić information content (AvgIpc) is 1.87. The van der Waals surface area contributed by atoms with Crippen molar-refractivity contribution in [2.24, 2.45) is 0 Å². The highest BCUT2D eigenvalue weighted by Gasteiger charge is 2.06. The Bertz CT molecular complexity index is 158. The van der Waals surface area contributed by atoms with E-state index in [4.69, 9.17) is 10.2 Å². The van der Waals surface area contributed by atoms with Crippen LogP contribution >= 0.6 is 0 Å². The van der Waals surface area contributed by atoms with Crippen molar-refractivity contribution in [3.63, 3.8) is 0 Å². The van der Waals surface area contributed by atoms with Crippen LogP contribution in [0, 0.1) is 0 Å². The molecule has 4 nitrogen and oxygen atoms in total. The first-order valence-corrected chi connectivity index (χ1v) is 2.96. The minimum Gasteiger partial charge on any atom is -0.481 e. The van der Waals surface area contributed by atoms with Gasteiger partial charge in [0.2, 0.25) is 0 Å². The molecule has 4 heteroatoms. The van der Waals surface area contributed by atoms with E-state index in [0.717, 1.165) is 0 Å². The molecule has 0 spiro atoms. The van der Waals surface area contributed by atoms with Gasteiger partial charge in [0.15, 0.2) is 0 Å². The Morgan fingerprint density at radius 1 is 1.50 bits per heavy atom. The van der Waals surface area contributed by atoms with Gasteiger partial charge in [0.25, 0.3) is 11.9 Å². The Balaban J connectivity index is 4.09. The lowest BCUT2D eigenvalue weighted by Gasteiger charge is -2.00. The lowest BCUT2D eigenvalue weighted by atomic mass is 10.3. The topological polar surface area (TPSA) is 69.6 Å². The predicted molar refractivity (Wildman–Crippen MR) is 36.6 cm³/mol. The normalized spacial score (nSPS) is 8.60. The van der Waals surface area contributed by atoms with Crippen LogP contribution in [-0.2, 0) is 4.79 Å². The van der Waals surface area contributed by atoms with Gasteiger partial charge in [-0.15, -0.1) is 0 Å². The Labute approximate surface area is 59.2 Å². The van der Waals surface area contributed by atoms with Gasteiger partial charge >= 0.3 is 0 Å². The number of carbonyl (C=O) groups is 1. The van der Waals surface area contributed by atoms with Gasteiger partial charge in [-0.3, -0.25) is 4.79 Å². The summed E-state index contributed by atoms with van der Waals surface area (Å²) in [6.07, 6.45) is 0. The molecule has 0 aromatic rings. The second kappa shape index (κ2) is 3.76. The molecule has 0 unspecified atom stereocenters. The molecular formula is C6H11NO3. The van der Waals surface area contributed by atoms with Crippen molar-refractivity contribution < 1.29 is 15.0 Å². The number of hydrogen-bond donors (Lipinski definition) is 3. The van der Waals surface area contributed by atoms with E-state index in [1.165, 1.54) is 6.92 Å².